The van der Waals surface area contributed by atoms with Crippen LogP contribution < -0.4 is 0 Å². The Kier molecular flexibility index (Phi) is 7.06. The van der Waals surface area contributed by atoms with E-state index < -0.39 is 0 Å². The van der Waals surface area contributed by atoms with Crippen molar-refractivity contribution in [2.45, 2.75) is 45.1 Å². The molecule has 2 saturated heterocycles. The van der Waals surface area contributed by atoms with Gasteiger partial charge >= 0.3 is 0 Å². The lowest BCUT2D eigenvalue weighted by Gasteiger charge is -2.43. The minimum absolute atomic E-state index is 0.0912. The molecule has 4 rings (SSSR count). The summed E-state index contributed by atoms with van der Waals surface area (Å²) in [6.07, 6.45) is 0.212. The number of ether oxygens (including phenoxy) is 1. The molecule has 5 nitrogen and oxygen atoms in total. The lowest BCUT2D eigenvalue weighted by atomic mass is 9.96. The van der Waals surface area contributed by atoms with E-state index in [1.807, 2.05) is 18.7 Å². The van der Waals surface area contributed by atoms with Crippen molar-refractivity contribution in [2.24, 2.45) is 0 Å². The van der Waals surface area contributed by atoms with Gasteiger partial charge in [0.25, 0.3) is 0 Å². The highest BCUT2D eigenvalue weighted by molar-refractivity contribution is 5.81. The van der Waals surface area contributed by atoms with Crippen LogP contribution >= 0.6 is 0 Å². The molecule has 2 aliphatic heterocycles. The molecule has 166 valence electrons. The van der Waals surface area contributed by atoms with Gasteiger partial charge in [-0.25, -0.2) is 0 Å². The van der Waals surface area contributed by atoms with Gasteiger partial charge in [-0.15, -0.1) is 0 Å². The summed E-state index contributed by atoms with van der Waals surface area (Å²) in [5, 5.41) is 0. The molecule has 3 atom stereocenters. The average Bonchev–Trinajstić information content (AvgIpc) is 2.79. The van der Waals surface area contributed by atoms with Gasteiger partial charge in [-0.1, -0.05) is 60.7 Å². The number of carbonyl (C=O) groups is 1. The molecule has 1 amide bonds. The van der Waals surface area contributed by atoms with E-state index >= 15 is 0 Å². The van der Waals surface area contributed by atoms with E-state index in [0.717, 1.165) is 26.2 Å². The van der Waals surface area contributed by atoms with Gasteiger partial charge in [-0.2, -0.15) is 0 Å². The second kappa shape index (κ2) is 9.94. The number of rotatable bonds is 5. The summed E-state index contributed by atoms with van der Waals surface area (Å²) in [7, 11) is 0. The minimum atomic E-state index is -0.0912. The number of carbonyl (C=O) groups excluding carboxylic acids is 1. The van der Waals surface area contributed by atoms with Gasteiger partial charge in [0.15, 0.2) is 0 Å². The number of nitrogens with zero attached hydrogens (tertiary/aromatic N) is 3. The first-order chi connectivity index (χ1) is 15.0. The van der Waals surface area contributed by atoms with E-state index in [1.54, 1.807) is 0 Å². The summed E-state index contributed by atoms with van der Waals surface area (Å²) < 4.78 is 5.80. The predicted octanol–water partition coefficient (Wildman–Crippen LogP) is 3.42. The Morgan fingerprint density at radius 1 is 0.806 bits per heavy atom. The number of hydrogen-bond acceptors (Lipinski definition) is 4. The number of amides is 1. The molecule has 0 radical (unpaired) electrons. The van der Waals surface area contributed by atoms with E-state index in [0.29, 0.717) is 13.1 Å². The summed E-state index contributed by atoms with van der Waals surface area (Å²) in [6, 6.07) is 21.7. The van der Waals surface area contributed by atoms with Crippen LogP contribution in [0.1, 0.15) is 37.9 Å². The molecular formula is C26H35N3O2. The second-order valence-corrected chi connectivity index (χ2v) is 8.97. The standard InChI is InChI=1S/C26H35N3O2/c1-20-18-29(19-21(2)31-20)26(30)22(3)27-14-16-28(17-15-27)25(23-10-6-4-7-11-23)24-12-8-5-9-13-24/h4-13,20-22,25H,14-19H2,1-3H3/t20-,21-,22+/m1/s1. The summed E-state index contributed by atoms with van der Waals surface area (Å²) >= 11 is 0. The Hall–Kier alpha value is -2.21. The zero-order chi connectivity index (χ0) is 21.8. The monoisotopic (exact) mass is 421 g/mol. The third kappa shape index (κ3) is 5.17. The van der Waals surface area contributed by atoms with Crippen molar-refractivity contribution in [2.75, 3.05) is 39.3 Å². The van der Waals surface area contributed by atoms with Crippen molar-refractivity contribution in [3.8, 4) is 0 Å². The van der Waals surface area contributed by atoms with Crippen LogP contribution in [0.15, 0.2) is 60.7 Å². The molecule has 0 spiro atoms. The highest BCUT2D eigenvalue weighted by atomic mass is 16.5. The fourth-order valence-electron chi connectivity index (χ4n) is 5.05. The summed E-state index contributed by atoms with van der Waals surface area (Å²) in [5.41, 5.74) is 2.64. The highest BCUT2D eigenvalue weighted by Crippen LogP contribution is 2.29. The van der Waals surface area contributed by atoms with Crippen LogP contribution in [0.3, 0.4) is 0 Å². The third-order valence-corrected chi connectivity index (χ3v) is 6.58. The Bertz CT molecular complexity index is 787. The second-order valence-electron chi connectivity index (χ2n) is 8.97. The van der Waals surface area contributed by atoms with Crippen molar-refractivity contribution >= 4 is 5.91 Å². The van der Waals surface area contributed by atoms with E-state index in [9.17, 15) is 4.79 Å². The van der Waals surface area contributed by atoms with E-state index in [4.69, 9.17) is 4.74 Å². The molecule has 2 fully saturated rings. The quantitative estimate of drug-likeness (QED) is 0.741. The first kappa shape index (κ1) is 22.0. The van der Waals surface area contributed by atoms with Crippen LogP contribution in [0.25, 0.3) is 0 Å². The number of hydrogen-bond donors (Lipinski definition) is 0. The molecule has 2 heterocycles. The smallest absolute Gasteiger partial charge is 0.239 e. The molecular weight excluding hydrogens is 386 g/mol. The van der Waals surface area contributed by atoms with Crippen LogP contribution in [-0.2, 0) is 9.53 Å². The molecule has 2 aromatic rings. The Balaban J connectivity index is 1.42. The molecule has 0 aromatic heterocycles. The predicted molar refractivity (Wildman–Crippen MR) is 124 cm³/mol. The number of morpholine rings is 1. The Morgan fingerprint density at radius 2 is 1.26 bits per heavy atom. The van der Waals surface area contributed by atoms with Gasteiger partial charge in [0.1, 0.15) is 0 Å². The number of benzene rings is 2. The maximum atomic E-state index is 13.2. The van der Waals surface area contributed by atoms with Crippen molar-refractivity contribution in [3.05, 3.63) is 71.8 Å². The van der Waals surface area contributed by atoms with Crippen LogP contribution in [0.4, 0.5) is 0 Å². The molecule has 0 bridgehead atoms. The maximum Gasteiger partial charge on any atom is 0.239 e. The SMILES string of the molecule is C[C@@H]1CN(C(=O)[C@H](C)N2CCN(C(c3ccccc3)c3ccccc3)CC2)C[C@@H](C)O1. The van der Waals surface area contributed by atoms with Crippen LogP contribution in [0.5, 0.6) is 0 Å². The summed E-state index contributed by atoms with van der Waals surface area (Å²) in [6.45, 7) is 11.2. The summed E-state index contributed by atoms with van der Waals surface area (Å²) in [5.74, 6) is 0.234. The van der Waals surface area contributed by atoms with Crippen LogP contribution in [-0.4, -0.2) is 78.1 Å². The summed E-state index contributed by atoms with van der Waals surface area (Å²) in [4.78, 5) is 20.1. The van der Waals surface area contributed by atoms with Crippen LogP contribution in [0.2, 0.25) is 0 Å². The normalized spacial score (nSPS) is 24.3. The lowest BCUT2D eigenvalue weighted by Crippen LogP contribution is -2.57. The fourth-order valence-corrected chi connectivity index (χ4v) is 5.05. The average molecular weight is 422 g/mol. The zero-order valence-corrected chi connectivity index (χ0v) is 19.0. The molecule has 0 aliphatic carbocycles. The Labute approximate surface area is 186 Å². The molecule has 31 heavy (non-hydrogen) atoms. The van der Waals surface area contributed by atoms with Gasteiger partial charge in [0.2, 0.25) is 5.91 Å². The van der Waals surface area contributed by atoms with Gasteiger partial charge in [0.05, 0.1) is 24.3 Å². The van der Waals surface area contributed by atoms with E-state index in [-0.39, 0.29) is 30.2 Å². The topological polar surface area (TPSA) is 36.0 Å². The highest BCUT2D eigenvalue weighted by Gasteiger charge is 2.34. The molecule has 5 heteroatoms. The largest absolute Gasteiger partial charge is 0.372 e. The van der Waals surface area contributed by atoms with Gasteiger partial charge in [0, 0.05) is 39.3 Å². The van der Waals surface area contributed by atoms with Crippen LogP contribution in [0, 0.1) is 0 Å². The maximum absolute atomic E-state index is 13.2. The molecule has 0 unspecified atom stereocenters. The fraction of sp³-hybridized carbons (Fsp3) is 0.500. The lowest BCUT2D eigenvalue weighted by molar-refractivity contribution is -0.148. The van der Waals surface area contributed by atoms with E-state index in [1.165, 1.54) is 11.1 Å². The first-order valence-electron chi connectivity index (χ1n) is 11.5. The molecule has 2 aliphatic rings. The van der Waals surface area contributed by atoms with Crippen molar-refractivity contribution in [1.29, 1.82) is 0 Å². The molecule has 0 N–H and O–H groups in total. The molecule has 0 saturated carbocycles. The van der Waals surface area contributed by atoms with E-state index in [2.05, 4.69) is 77.4 Å². The third-order valence-electron chi connectivity index (χ3n) is 6.58. The Morgan fingerprint density at radius 3 is 1.74 bits per heavy atom. The van der Waals surface area contributed by atoms with Gasteiger partial charge in [-0.3, -0.25) is 14.6 Å². The van der Waals surface area contributed by atoms with Crippen molar-refractivity contribution in [3.63, 3.8) is 0 Å². The van der Waals surface area contributed by atoms with Crippen molar-refractivity contribution in [1.82, 2.24) is 14.7 Å². The molecule has 2 aromatic carbocycles. The zero-order valence-electron chi connectivity index (χ0n) is 19.0. The van der Waals surface area contributed by atoms with Crippen molar-refractivity contribution < 1.29 is 9.53 Å². The minimum Gasteiger partial charge on any atom is -0.372 e. The van der Waals surface area contributed by atoms with Gasteiger partial charge in [-0.05, 0) is 31.9 Å². The van der Waals surface area contributed by atoms with Gasteiger partial charge < -0.3 is 9.64 Å². The first-order valence-corrected chi connectivity index (χ1v) is 11.5. The number of piperazine rings is 1.